The maximum atomic E-state index is 12.2. The Labute approximate surface area is 159 Å². The number of aliphatic carboxylic acids is 1. The summed E-state index contributed by atoms with van der Waals surface area (Å²) < 4.78 is 29.9. The normalized spacial score (nSPS) is 18.4. The van der Waals surface area contributed by atoms with E-state index in [4.69, 9.17) is 9.84 Å². The molecule has 0 aromatic heterocycles. The van der Waals surface area contributed by atoms with Gasteiger partial charge in [0.05, 0.1) is 25.5 Å². The molecule has 9 nitrogen and oxygen atoms in total. The molecule has 0 radical (unpaired) electrons. The van der Waals surface area contributed by atoms with Crippen molar-refractivity contribution in [3.8, 4) is 0 Å². The topological polar surface area (TPSA) is 116 Å². The molecule has 1 aromatic rings. The Morgan fingerprint density at radius 3 is 2.78 bits per heavy atom. The summed E-state index contributed by atoms with van der Waals surface area (Å²) in [7, 11) is -3.67. The average Bonchev–Trinajstić information content (AvgIpc) is 2.53. The first-order valence-electron chi connectivity index (χ1n) is 8.51. The number of carbonyl (C=O) groups is 2. The SMILES string of the molecule is Cc1cccc(NC(=O)CN2CCOC(CN(CC(=O)O)S(C)(=O)=O)C2)c1. The van der Waals surface area contributed by atoms with Crippen molar-refractivity contribution in [1.29, 1.82) is 0 Å². The molecular weight excluding hydrogens is 374 g/mol. The van der Waals surface area contributed by atoms with Crippen molar-refractivity contribution in [1.82, 2.24) is 9.21 Å². The summed E-state index contributed by atoms with van der Waals surface area (Å²) in [6, 6.07) is 7.48. The lowest BCUT2D eigenvalue weighted by atomic mass is 10.2. The van der Waals surface area contributed by atoms with Gasteiger partial charge in [-0.25, -0.2) is 8.42 Å². The number of sulfonamides is 1. The quantitative estimate of drug-likeness (QED) is 0.631. The van der Waals surface area contributed by atoms with Crippen LogP contribution in [0.4, 0.5) is 5.69 Å². The Bertz CT molecular complexity index is 783. The van der Waals surface area contributed by atoms with Gasteiger partial charge in [0.2, 0.25) is 15.9 Å². The summed E-state index contributed by atoms with van der Waals surface area (Å²) in [5.41, 5.74) is 1.76. The number of carbonyl (C=O) groups excluding carboxylic acids is 1. The predicted molar refractivity (Wildman–Crippen MR) is 100 cm³/mol. The van der Waals surface area contributed by atoms with Gasteiger partial charge < -0.3 is 15.2 Å². The van der Waals surface area contributed by atoms with Gasteiger partial charge in [-0.3, -0.25) is 14.5 Å². The van der Waals surface area contributed by atoms with Gasteiger partial charge in [-0.05, 0) is 24.6 Å². The van der Waals surface area contributed by atoms with Gasteiger partial charge in [-0.1, -0.05) is 12.1 Å². The number of hydrogen-bond acceptors (Lipinski definition) is 6. The number of aryl methyl sites for hydroxylation is 1. The average molecular weight is 399 g/mol. The summed E-state index contributed by atoms with van der Waals surface area (Å²) in [6.07, 6.45) is 0.464. The standard InChI is InChI=1S/C17H25N3O6S/c1-13-4-3-5-14(8-13)18-16(21)11-19-6-7-26-15(9-19)10-20(12-17(22)23)27(2,24)25/h3-5,8,15H,6-7,9-12H2,1-2H3,(H,18,21)(H,22,23). The molecule has 0 aliphatic carbocycles. The molecule has 1 atom stereocenters. The summed E-state index contributed by atoms with van der Waals surface area (Å²) in [4.78, 5) is 25.0. The Balaban J connectivity index is 1.90. The second-order valence-corrected chi connectivity index (χ2v) is 8.58. The molecular formula is C17H25N3O6S. The molecule has 1 fully saturated rings. The summed E-state index contributed by atoms with van der Waals surface area (Å²) in [5, 5.41) is 11.7. The highest BCUT2D eigenvalue weighted by atomic mass is 32.2. The van der Waals surface area contributed by atoms with Crippen molar-refractivity contribution in [3.05, 3.63) is 29.8 Å². The number of carboxylic acid groups (broad SMARTS) is 1. The number of benzene rings is 1. The highest BCUT2D eigenvalue weighted by Gasteiger charge is 2.28. The number of nitrogens with zero attached hydrogens (tertiary/aromatic N) is 2. The zero-order valence-electron chi connectivity index (χ0n) is 15.4. The van der Waals surface area contributed by atoms with Crippen LogP contribution in [0.2, 0.25) is 0 Å². The maximum absolute atomic E-state index is 12.2. The number of rotatable bonds is 8. The van der Waals surface area contributed by atoms with Crippen molar-refractivity contribution < 1.29 is 27.9 Å². The molecule has 27 heavy (non-hydrogen) atoms. The minimum absolute atomic E-state index is 0.0683. The van der Waals surface area contributed by atoms with Crippen molar-refractivity contribution in [2.45, 2.75) is 13.0 Å². The van der Waals surface area contributed by atoms with Crippen LogP contribution < -0.4 is 5.32 Å². The van der Waals surface area contributed by atoms with E-state index in [0.29, 0.717) is 19.7 Å². The number of nitrogens with one attached hydrogen (secondary N) is 1. The van der Waals surface area contributed by atoms with Crippen LogP contribution in [0, 0.1) is 6.92 Å². The molecule has 1 aliphatic rings. The van der Waals surface area contributed by atoms with Crippen LogP contribution in [0.1, 0.15) is 5.56 Å². The highest BCUT2D eigenvalue weighted by molar-refractivity contribution is 7.88. The van der Waals surface area contributed by atoms with E-state index in [1.807, 2.05) is 36.1 Å². The van der Waals surface area contributed by atoms with E-state index in [1.165, 1.54) is 0 Å². The predicted octanol–water partition coefficient (Wildman–Crippen LogP) is -0.0195. The molecule has 1 unspecified atom stereocenters. The number of anilines is 1. The van der Waals surface area contributed by atoms with E-state index in [0.717, 1.165) is 21.8 Å². The van der Waals surface area contributed by atoms with Crippen LogP contribution >= 0.6 is 0 Å². The lowest BCUT2D eigenvalue weighted by Crippen LogP contribution is -2.51. The van der Waals surface area contributed by atoms with Crippen LogP contribution in [0.15, 0.2) is 24.3 Å². The van der Waals surface area contributed by atoms with Crippen LogP contribution in [-0.4, -0.2) is 86.3 Å². The smallest absolute Gasteiger partial charge is 0.318 e. The molecule has 0 bridgehead atoms. The van der Waals surface area contributed by atoms with E-state index in [9.17, 15) is 18.0 Å². The molecule has 1 aromatic carbocycles. The Morgan fingerprint density at radius 2 is 2.15 bits per heavy atom. The fourth-order valence-electron chi connectivity index (χ4n) is 2.86. The van der Waals surface area contributed by atoms with Gasteiger partial charge in [-0.15, -0.1) is 0 Å². The number of morpholine rings is 1. The van der Waals surface area contributed by atoms with Gasteiger partial charge >= 0.3 is 5.97 Å². The second-order valence-electron chi connectivity index (χ2n) is 6.59. The number of amides is 1. The maximum Gasteiger partial charge on any atom is 0.318 e. The van der Waals surface area contributed by atoms with E-state index in [1.54, 1.807) is 0 Å². The van der Waals surface area contributed by atoms with Gasteiger partial charge in [0.15, 0.2) is 0 Å². The van der Waals surface area contributed by atoms with Crippen LogP contribution in [0.3, 0.4) is 0 Å². The molecule has 2 rings (SSSR count). The first-order chi connectivity index (χ1) is 12.6. The first kappa shape index (κ1) is 21.3. The third-order valence-electron chi connectivity index (χ3n) is 4.08. The zero-order valence-corrected chi connectivity index (χ0v) is 16.2. The van der Waals surface area contributed by atoms with Crippen LogP contribution in [-0.2, 0) is 24.3 Å². The lowest BCUT2D eigenvalue weighted by molar-refractivity contribution is -0.137. The second kappa shape index (κ2) is 9.27. The molecule has 1 amide bonds. The molecule has 1 heterocycles. The lowest BCUT2D eigenvalue weighted by Gasteiger charge is -2.34. The van der Waals surface area contributed by atoms with Gasteiger partial charge in [-0.2, -0.15) is 4.31 Å². The first-order valence-corrected chi connectivity index (χ1v) is 10.4. The van der Waals surface area contributed by atoms with Gasteiger partial charge in [0, 0.05) is 25.3 Å². The molecule has 1 saturated heterocycles. The Hall–Kier alpha value is -2.01. The third kappa shape index (κ3) is 7.25. The zero-order chi connectivity index (χ0) is 20.0. The fraction of sp³-hybridized carbons (Fsp3) is 0.529. The van der Waals surface area contributed by atoms with Crippen LogP contribution in [0.5, 0.6) is 0 Å². The minimum Gasteiger partial charge on any atom is -0.480 e. The van der Waals surface area contributed by atoms with Crippen molar-refractivity contribution in [2.75, 3.05) is 50.9 Å². The van der Waals surface area contributed by atoms with E-state index in [-0.39, 0.29) is 19.0 Å². The largest absolute Gasteiger partial charge is 0.480 e. The molecule has 2 N–H and O–H groups in total. The van der Waals surface area contributed by atoms with Crippen molar-refractivity contribution >= 4 is 27.6 Å². The van der Waals surface area contributed by atoms with E-state index < -0.39 is 28.6 Å². The van der Waals surface area contributed by atoms with Crippen molar-refractivity contribution in [2.24, 2.45) is 0 Å². The molecule has 1 aliphatic heterocycles. The van der Waals surface area contributed by atoms with Gasteiger partial charge in [0.25, 0.3) is 0 Å². The summed E-state index contributed by atoms with van der Waals surface area (Å²) in [5.74, 6) is -1.41. The van der Waals surface area contributed by atoms with Crippen LogP contribution in [0.25, 0.3) is 0 Å². The van der Waals surface area contributed by atoms with Crippen molar-refractivity contribution in [3.63, 3.8) is 0 Å². The summed E-state index contributed by atoms with van der Waals surface area (Å²) in [6.45, 7) is 2.61. The molecule has 0 saturated carbocycles. The number of carboxylic acids is 1. The molecule has 0 spiro atoms. The highest BCUT2D eigenvalue weighted by Crippen LogP contribution is 2.12. The molecule has 150 valence electrons. The third-order valence-corrected chi connectivity index (χ3v) is 5.30. The number of ether oxygens (including phenoxy) is 1. The molecule has 10 heteroatoms. The van der Waals surface area contributed by atoms with Gasteiger partial charge in [0.1, 0.15) is 6.54 Å². The minimum atomic E-state index is -3.67. The van der Waals surface area contributed by atoms with E-state index in [2.05, 4.69) is 5.32 Å². The monoisotopic (exact) mass is 399 g/mol. The van der Waals surface area contributed by atoms with E-state index >= 15 is 0 Å². The summed E-state index contributed by atoms with van der Waals surface area (Å²) >= 11 is 0. The number of hydrogen-bond donors (Lipinski definition) is 2. The Kier molecular flexibility index (Phi) is 7.31. The fourth-order valence-corrected chi connectivity index (χ4v) is 3.64. The Morgan fingerprint density at radius 1 is 1.41 bits per heavy atom.